The van der Waals surface area contributed by atoms with Crippen molar-refractivity contribution in [2.75, 3.05) is 51.3 Å². The molecule has 2 saturated heterocycles. The maximum absolute atomic E-state index is 15.0. The van der Waals surface area contributed by atoms with E-state index in [2.05, 4.69) is 19.8 Å². The maximum Gasteiger partial charge on any atom is 0.410 e. The molecule has 0 N–H and O–H groups in total. The number of aromatic nitrogens is 3. The Morgan fingerprint density at radius 2 is 2.00 bits per heavy atom. The molecule has 0 radical (unpaired) electrons. The van der Waals surface area contributed by atoms with Crippen LogP contribution in [0.4, 0.5) is 19.4 Å². The van der Waals surface area contributed by atoms with E-state index in [0.717, 1.165) is 5.56 Å². The molecule has 4 heterocycles. The highest BCUT2D eigenvalue weighted by Crippen LogP contribution is 2.31. The zero-order chi connectivity index (χ0) is 28.2. The molecule has 1 aromatic carbocycles. The molecule has 2 aromatic heterocycles. The number of likely N-dealkylation sites (tertiary alicyclic amines) is 1. The second-order valence-electron chi connectivity index (χ2n) is 9.87. The van der Waals surface area contributed by atoms with E-state index in [1.54, 1.807) is 0 Å². The summed E-state index contributed by atoms with van der Waals surface area (Å²) >= 11 is 5.95. The topological polar surface area (TPSA) is 88.3 Å². The Morgan fingerprint density at radius 3 is 2.73 bits per heavy atom. The van der Waals surface area contributed by atoms with Crippen molar-refractivity contribution in [1.29, 1.82) is 0 Å². The highest BCUT2D eigenvalue weighted by molar-refractivity contribution is 6.30. The first kappa shape index (κ1) is 27.7. The van der Waals surface area contributed by atoms with Gasteiger partial charge in [-0.25, -0.2) is 25.1 Å². The van der Waals surface area contributed by atoms with Gasteiger partial charge in [0.1, 0.15) is 36.8 Å². The number of amides is 1. The van der Waals surface area contributed by atoms with Crippen molar-refractivity contribution in [2.45, 2.75) is 31.3 Å². The lowest BCUT2D eigenvalue weighted by Crippen LogP contribution is -2.56. The van der Waals surface area contributed by atoms with E-state index in [0.29, 0.717) is 30.7 Å². The van der Waals surface area contributed by atoms with E-state index in [1.807, 2.05) is 47.2 Å². The van der Waals surface area contributed by atoms with E-state index in [1.165, 1.54) is 11.1 Å². The predicted molar refractivity (Wildman–Crippen MR) is 145 cm³/mol. The Labute approximate surface area is 235 Å². The summed E-state index contributed by atoms with van der Waals surface area (Å²) in [6.45, 7) is 8.87. The van der Waals surface area contributed by atoms with Gasteiger partial charge in [-0.3, -0.25) is 9.80 Å². The van der Waals surface area contributed by atoms with Gasteiger partial charge in [-0.05, 0) is 19.0 Å². The number of likely N-dealkylation sites (N-methyl/N-ethyl adjacent to an activating group) is 1. The minimum atomic E-state index is -0.941. The predicted octanol–water partition coefficient (Wildman–Crippen LogP) is 3.98. The molecule has 3 aromatic rings. The fourth-order valence-electron chi connectivity index (χ4n) is 5.03. The average molecular weight is 572 g/mol. The fraction of sp³-hybridized carbons (Fsp3) is 0.444. The summed E-state index contributed by atoms with van der Waals surface area (Å²) in [5.41, 5.74) is 0.796. The standard InChI is InChI=1S/C27H28ClF2N7O3/c1-31-11-20-14-36(8-9-37(20)27(38)40-15-17-6-4-3-5-7-17)25-21-12-32-24(28)22(30)23(21)33-26(34-25)39-16-19-10-18(29)13-35(19)2/h3-7,12,18-20H,8-11,13-16H2,2H3/t18-,19+,20+/m1/s1. The molecule has 5 rings (SSSR count). The zero-order valence-electron chi connectivity index (χ0n) is 21.8. The molecular weight excluding hydrogens is 544 g/mol. The normalized spacial score (nSPS) is 21.4. The summed E-state index contributed by atoms with van der Waals surface area (Å²) in [4.78, 5) is 34.4. The van der Waals surface area contributed by atoms with Crippen molar-refractivity contribution in [3.8, 4) is 6.01 Å². The van der Waals surface area contributed by atoms with Crippen molar-refractivity contribution in [3.05, 3.63) is 64.5 Å². The van der Waals surface area contributed by atoms with E-state index in [4.69, 9.17) is 27.6 Å². The lowest BCUT2D eigenvalue weighted by molar-refractivity contribution is 0.0788. The van der Waals surface area contributed by atoms with E-state index < -0.39 is 24.1 Å². The van der Waals surface area contributed by atoms with Crippen LogP contribution in [0.3, 0.4) is 0 Å². The minimum Gasteiger partial charge on any atom is -0.462 e. The van der Waals surface area contributed by atoms with Crippen molar-refractivity contribution in [1.82, 2.24) is 24.8 Å². The zero-order valence-corrected chi connectivity index (χ0v) is 22.6. The molecule has 13 heteroatoms. The van der Waals surface area contributed by atoms with Gasteiger partial charge in [0, 0.05) is 38.4 Å². The molecule has 3 atom stereocenters. The second-order valence-corrected chi connectivity index (χ2v) is 10.2. The lowest BCUT2D eigenvalue weighted by Gasteiger charge is -2.39. The molecule has 1 amide bonds. The largest absolute Gasteiger partial charge is 0.462 e. The number of fused-ring (bicyclic) bond motifs is 1. The first-order valence-electron chi connectivity index (χ1n) is 12.9. The van der Waals surface area contributed by atoms with Crippen molar-refractivity contribution >= 4 is 34.4 Å². The molecule has 2 aliphatic heterocycles. The van der Waals surface area contributed by atoms with Crippen LogP contribution >= 0.6 is 11.6 Å². The summed E-state index contributed by atoms with van der Waals surface area (Å²) in [6, 6.07) is 8.59. The number of hydrogen-bond acceptors (Lipinski definition) is 8. The molecule has 40 heavy (non-hydrogen) atoms. The molecule has 2 fully saturated rings. The number of benzene rings is 1. The van der Waals surface area contributed by atoms with Crippen LogP contribution < -0.4 is 9.64 Å². The van der Waals surface area contributed by atoms with Crippen LogP contribution in [0.25, 0.3) is 15.7 Å². The number of ether oxygens (including phenoxy) is 2. The molecule has 0 aliphatic carbocycles. The summed E-state index contributed by atoms with van der Waals surface area (Å²) in [5.74, 6) is -0.464. The van der Waals surface area contributed by atoms with Crippen LogP contribution in [0.2, 0.25) is 5.15 Å². The molecule has 10 nitrogen and oxygen atoms in total. The number of carbonyl (C=O) groups excluding carboxylic acids is 1. The number of piperazine rings is 1. The first-order chi connectivity index (χ1) is 19.3. The fourth-order valence-corrected chi connectivity index (χ4v) is 5.17. The Kier molecular flexibility index (Phi) is 8.42. The van der Waals surface area contributed by atoms with Crippen molar-refractivity contribution < 1.29 is 23.0 Å². The first-order valence-corrected chi connectivity index (χ1v) is 13.3. The van der Waals surface area contributed by atoms with E-state index in [9.17, 15) is 9.18 Å². The highest BCUT2D eigenvalue weighted by atomic mass is 35.5. The van der Waals surface area contributed by atoms with Gasteiger partial charge in [0.25, 0.3) is 0 Å². The van der Waals surface area contributed by atoms with Crippen LogP contribution in [0, 0.1) is 12.4 Å². The SMILES string of the molecule is [C-]#[N+]C[C@H]1CN(c2nc(OC[C@@H]3C[C@@H](F)CN3C)nc3c(F)c(Cl)ncc23)CCN1C(=O)OCc1ccccc1. The number of pyridine rings is 1. The molecule has 0 spiro atoms. The summed E-state index contributed by atoms with van der Waals surface area (Å²) < 4.78 is 40.2. The molecule has 2 aliphatic rings. The van der Waals surface area contributed by atoms with Crippen LogP contribution in [-0.4, -0.2) is 95.5 Å². The van der Waals surface area contributed by atoms with Crippen LogP contribution in [0.1, 0.15) is 12.0 Å². The van der Waals surface area contributed by atoms with Gasteiger partial charge in [0.2, 0.25) is 6.54 Å². The minimum absolute atomic E-state index is 0.0418. The number of nitrogens with zero attached hydrogens (tertiary/aromatic N) is 7. The Morgan fingerprint density at radius 1 is 1.20 bits per heavy atom. The average Bonchev–Trinajstić information content (AvgIpc) is 3.29. The number of anilines is 1. The molecule has 210 valence electrons. The Hall–Kier alpha value is -3.82. The summed E-state index contributed by atoms with van der Waals surface area (Å²) in [6.07, 6.45) is 0.258. The molecule has 0 bridgehead atoms. The summed E-state index contributed by atoms with van der Waals surface area (Å²) in [7, 11) is 1.81. The molecular formula is C27H28ClF2N7O3. The van der Waals surface area contributed by atoms with E-state index >= 15 is 4.39 Å². The Balaban J connectivity index is 1.37. The van der Waals surface area contributed by atoms with E-state index in [-0.39, 0.29) is 55.6 Å². The molecule has 0 unspecified atom stereocenters. The third-order valence-electron chi connectivity index (χ3n) is 7.17. The van der Waals surface area contributed by atoms with Gasteiger partial charge < -0.3 is 19.2 Å². The number of hydrogen-bond donors (Lipinski definition) is 0. The van der Waals surface area contributed by atoms with Gasteiger partial charge in [0.05, 0.1) is 5.39 Å². The molecule has 0 saturated carbocycles. The third kappa shape index (κ3) is 6.00. The second kappa shape index (κ2) is 12.1. The summed E-state index contributed by atoms with van der Waals surface area (Å²) in [5, 5.41) is -0.0199. The monoisotopic (exact) mass is 571 g/mol. The van der Waals surface area contributed by atoms with Crippen molar-refractivity contribution in [3.63, 3.8) is 0 Å². The number of halogens is 3. The van der Waals surface area contributed by atoms with Crippen LogP contribution in [0.5, 0.6) is 6.01 Å². The van der Waals surface area contributed by atoms with Gasteiger partial charge in [-0.2, -0.15) is 9.97 Å². The van der Waals surface area contributed by atoms with Gasteiger partial charge in [-0.1, -0.05) is 41.9 Å². The van der Waals surface area contributed by atoms with Gasteiger partial charge >= 0.3 is 12.1 Å². The van der Waals surface area contributed by atoms with Gasteiger partial charge in [0.15, 0.2) is 11.0 Å². The maximum atomic E-state index is 15.0. The third-order valence-corrected chi connectivity index (χ3v) is 7.43. The number of carbonyl (C=O) groups is 1. The highest BCUT2D eigenvalue weighted by Gasteiger charge is 2.35. The quantitative estimate of drug-likeness (QED) is 0.311. The smallest absolute Gasteiger partial charge is 0.410 e. The Bertz CT molecular complexity index is 1410. The number of alkyl halides is 1. The van der Waals surface area contributed by atoms with Crippen LogP contribution in [0.15, 0.2) is 36.5 Å². The lowest BCUT2D eigenvalue weighted by atomic mass is 10.1. The van der Waals surface area contributed by atoms with Crippen molar-refractivity contribution in [2.24, 2.45) is 0 Å². The van der Waals surface area contributed by atoms with Gasteiger partial charge in [-0.15, -0.1) is 0 Å². The van der Waals surface area contributed by atoms with Crippen LogP contribution in [-0.2, 0) is 11.3 Å². The number of rotatable bonds is 7.